The van der Waals surface area contributed by atoms with E-state index in [1.807, 2.05) is 0 Å². The molecule has 0 spiro atoms. The lowest BCUT2D eigenvalue weighted by atomic mass is 10.0. The lowest BCUT2D eigenvalue weighted by Gasteiger charge is -2.33. The number of amidine groups is 1. The van der Waals surface area contributed by atoms with Crippen LogP contribution in [0.1, 0.15) is 33.1 Å². The van der Waals surface area contributed by atoms with E-state index in [9.17, 15) is 9.59 Å². The molecule has 100 valence electrons. The van der Waals surface area contributed by atoms with Crippen LogP contribution in [0.2, 0.25) is 0 Å². The zero-order chi connectivity index (χ0) is 13.3. The average Bonchev–Trinajstić information content (AvgIpc) is 2.29. The standard InChI is InChI=1S/C12H19N3O2S/c1-12(2)6-7-18-11(14-12)13-8-4-5-9(16)15(3)10(8)17/h8H,4-7H2,1-3H3,(H,13,14). The molecule has 1 N–H and O–H groups in total. The first-order valence-corrected chi connectivity index (χ1v) is 7.17. The number of nitrogens with zero attached hydrogens (tertiary/aromatic N) is 2. The molecular formula is C12H19N3O2S. The Morgan fingerprint density at radius 3 is 2.83 bits per heavy atom. The molecule has 0 bridgehead atoms. The number of nitrogens with one attached hydrogen (secondary N) is 1. The van der Waals surface area contributed by atoms with Gasteiger partial charge in [0.15, 0.2) is 5.17 Å². The van der Waals surface area contributed by atoms with Gasteiger partial charge in [-0.05, 0) is 26.7 Å². The van der Waals surface area contributed by atoms with Crippen molar-refractivity contribution in [3.05, 3.63) is 0 Å². The summed E-state index contributed by atoms with van der Waals surface area (Å²) >= 11 is 1.65. The van der Waals surface area contributed by atoms with Crippen molar-refractivity contribution >= 4 is 28.7 Å². The van der Waals surface area contributed by atoms with Crippen LogP contribution in [0.15, 0.2) is 4.99 Å². The van der Waals surface area contributed by atoms with E-state index in [1.165, 1.54) is 11.9 Å². The number of thioether (sulfide) groups is 1. The summed E-state index contributed by atoms with van der Waals surface area (Å²) in [5.74, 6) is 0.708. The molecule has 5 nitrogen and oxygen atoms in total. The van der Waals surface area contributed by atoms with Gasteiger partial charge in [-0.25, -0.2) is 4.99 Å². The lowest BCUT2D eigenvalue weighted by Crippen LogP contribution is -2.48. The number of likely N-dealkylation sites (N-methyl/N-ethyl adjacent to an activating group) is 1. The summed E-state index contributed by atoms with van der Waals surface area (Å²) in [4.78, 5) is 29.0. The molecule has 0 aromatic rings. The number of likely N-dealkylation sites (tertiary alicyclic amines) is 1. The van der Waals surface area contributed by atoms with E-state index in [-0.39, 0.29) is 17.4 Å². The Bertz CT molecular complexity index is 406. The zero-order valence-corrected chi connectivity index (χ0v) is 11.8. The first kappa shape index (κ1) is 13.4. The zero-order valence-electron chi connectivity index (χ0n) is 11.0. The molecule has 18 heavy (non-hydrogen) atoms. The number of carbonyl (C=O) groups excluding carboxylic acids is 2. The summed E-state index contributed by atoms with van der Waals surface area (Å²) < 4.78 is 0. The van der Waals surface area contributed by atoms with E-state index in [0.29, 0.717) is 12.8 Å². The molecule has 0 aliphatic carbocycles. The molecule has 0 radical (unpaired) electrons. The number of imide groups is 1. The Morgan fingerprint density at radius 2 is 2.17 bits per heavy atom. The molecule has 6 heteroatoms. The van der Waals surface area contributed by atoms with E-state index < -0.39 is 6.04 Å². The molecule has 2 amide bonds. The second-order valence-corrected chi connectivity index (χ2v) is 6.47. The van der Waals surface area contributed by atoms with Crippen LogP contribution >= 0.6 is 11.8 Å². The molecule has 1 atom stereocenters. The third-order valence-corrected chi connectivity index (χ3v) is 4.19. The topological polar surface area (TPSA) is 61.8 Å². The van der Waals surface area contributed by atoms with Crippen LogP contribution in [0.3, 0.4) is 0 Å². The maximum atomic E-state index is 11.9. The first-order chi connectivity index (χ1) is 8.39. The highest BCUT2D eigenvalue weighted by molar-refractivity contribution is 8.13. The van der Waals surface area contributed by atoms with E-state index in [4.69, 9.17) is 0 Å². The Balaban J connectivity index is 2.08. The summed E-state index contributed by atoms with van der Waals surface area (Å²) in [7, 11) is 1.53. The quantitative estimate of drug-likeness (QED) is 0.721. The van der Waals surface area contributed by atoms with Crippen molar-refractivity contribution in [1.29, 1.82) is 0 Å². The Morgan fingerprint density at radius 1 is 1.44 bits per heavy atom. The number of amides is 2. The third-order valence-electron chi connectivity index (χ3n) is 3.31. The van der Waals surface area contributed by atoms with Gasteiger partial charge in [0, 0.05) is 24.8 Å². The fraction of sp³-hybridized carbons (Fsp3) is 0.750. The molecule has 2 heterocycles. The fourth-order valence-electron chi connectivity index (χ4n) is 2.02. The van der Waals surface area contributed by atoms with Gasteiger partial charge < -0.3 is 5.32 Å². The number of aliphatic imine (C=N–C) groups is 1. The minimum atomic E-state index is -0.406. The van der Waals surface area contributed by atoms with Crippen molar-refractivity contribution < 1.29 is 9.59 Å². The van der Waals surface area contributed by atoms with Crippen molar-refractivity contribution in [2.24, 2.45) is 4.99 Å². The van der Waals surface area contributed by atoms with Gasteiger partial charge in [0.25, 0.3) is 5.91 Å². The van der Waals surface area contributed by atoms with Crippen LogP contribution in [0.5, 0.6) is 0 Å². The molecular weight excluding hydrogens is 250 g/mol. The molecule has 2 saturated heterocycles. The van der Waals surface area contributed by atoms with E-state index >= 15 is 0 Å². The Hall–Kier alpha value is -1.04. The van der Waals surface area contributed by atoms with Gasteiger partial charge in [-0.15, -0.1) is 0 Å². The average molecular weight is 269 g/mol. The number of hydrogen-bond acceptors (Lipinski definition) is 4. The molecule has 1 unspecified atom stereocenters. The highest BCUT2D eigenvalue weighted by Gasteiger charge is 2.33. The first-order valence-electron chi connectivity index (χ1n) is 6.18. The van der Waals surface area contributed by atoms with Gasteiger partial charge >= 0.3 is 0 Å². The van der Waals surface area contributed by atoms with Crippen molar-refractivity contribution in [2.45, 2.75) is 44.7 Å². The van der Waals surface area contributed by atoms with Gasteiger partial charge in [-0.2, -0.15) is 0 Å². The minimum absolute atomic E-state index is 0.0313. The van der Waals surface area contributed by atoms with Gasteiger partial charge in [0.05, 0.1) is 0 Å². The molecule has 0 saturated carbocycles. The second kappa shape index (κ2) is 4.91. The predicted molar refractivity (Wildman–Crippen MR) is 72.5 cm³/mol. The number of hydrogen-bond donors (Lipinski definition) is 1. The maximum absolute atomic E-state index is 11.9. The van der Waals surface area contributed by atoms with Crippen LogP contribution in [0, 0.1) is 0 Å². The summed E-state index contributed by atoms with van der Waals surface area (Å²) in [5, 5.41) is 4.17. The fourth-order valence-corrected chi connectivity index (χ4v) is 3.38. The van der Waals surface area contributed by atoms with Gasteiger partial charge in [-0.3, -0.25) is 14.5 Å². The van der Waals surface area contributed by atoms with Crippen molar-refractivity contribution in [3.8, 4) is 0 Å². The van der Waals surface area contributed by atoms with Crippen molar-refractivity contribution in [1.82, 2.24) is 10.2 Å². The smallest absolute Gasteiger partial charge is 0.253 e. The van der Waals surface area contributed by atoms with Crippen molar-refractivity contribution in [2.75, 3.05) is 12.8 Å². The maximum Gasteiger partial charge on any atom is 0.253 e. The number of rotatable bonds is 1. The van der Waals surface area contributed by atoms with Gasteiger partial charge in [-0.1, -0.05) is 11.8 Å². The molecule has 2 fully saturated rings. The summed E-state index contributed by atoms with van der Waals surface area (Å²) in [6.45, 7) is 4.25. The predicted octanol–water partition coefficient (Wildman–Crippen LogP) is 0.995. The van der Waals surface area contributed by atoms with E-state index in [2.05, 4.69) is 24.2 Å². The Kier molecular flexibility index (Phi) is 3.66. The molecule has 2 rings (SSSR count). The summed E-state index contributed by atoms with van der Waals surface area (Å²) in [6.07, 6.45) is 2.00. The summed E-state index contributed by atoms with van der Waals surface area (Å²) in [6, 6.07) is -0.406. The highest BCUT2D eigenvalue weighted by Crippen LogP contribution is 2.23. The van der Waals surface area contributed by atoms with Crippen LogP contribution in [-0.2, 0) is 9.59 Å². The van der Waals surface area contributed by atoms with E-state index in [1.54, 1.807) is 11.8 Å². The van der Waals surface area contributed by atoms with Gasteiger partial charge in [0.1, 0.15) is 6.04 Å². The van der Waals surface area contributed by atoms with Gasteiger partial charge in [0.2, 0.25) is 5.91 Å². The van der Waals surface area contributed by atoms with Crippen LogP contribution in [-0.4, -0.2) is 46.3 Å². The normalized spacial score (nSPS) is 30.5. The van der Waals surface area contributed by atoms with Crippen LogP contribution in [0.4, 0.5) is 0 Å². The summed E-state index contributed by atoms with van der Waals surface area (Å²) in [5.41, 5.74) is 0.0313. The molecule has 2 aliphatic rings. The molecule has 0 aromatic carbocycles. The highest BCUT2D eigenvalue weighted by atomic mass is 32.2. The lowest BCUT2D eigenvalue weighted by molar-refractivity contribution is -0.147. The van der Waals surface area contributed by atoms with Crippen LogP contribution < -0.4 is 5.32 Å². The SMILES string of the molecule is CN1C(=O)CCC(N=C2NC(C)(C)CCS2)C1=O. The molecule has 0 aromatic heterocycles. The van der Waals surface area contributed by atoms with Crippen LogP contribution in [0.25, 0.3) is 0 Å². The van der Waals surface area contributed by atoms with Crippen molar-refractivity contribution in [3.63, 3.8) is 0 Å². The second-order valence-electron chi connectivity index (χ2n) is 5.39. The Labute approximate surface area is 111 Å². The minimum Gasteiger partial charge on any atom is -0.360 e. The van der Waals surface area contributed by atoms with E-state index in [0.717, 1.165) is 17.3 Å². The number of piperidine rings is 1. The number of carbonyl (C=O) groups is 2. The third kappa shape index (κ3) is 2.85. The monoisotopic (exact) mass is 269 g/mol. The largest absolute Gasteiger partial charge is 0.360 e. The molecule has 2 aliphatic heterocycles.